The first-order valence-electron chi connectivity index (χ1n) is 10.6. The van der Waals surface area contributed by atoms with E-state index in [-0.39, 0.29) is 18.1 Å². The molecule has 0 unspecified atom stereocenters. The summed E-state index contributed by atoms with van der Waals surface area (Å²) in [5.74, 6) is -0.293. The Bertz CT molecular complexity index is 966. The summed E-state index contributed by atoms with van der Waals surface area (Å²) in [5, 5.41) is 18.4. The first-order chi connectivity index (χ1) is 14.9. The lowest BCUT2D eigenvalue weighted by Crippen LogP contribution is -2.27. The van der Waals surface area contributed by atoms with Crippen LogP contribution in [-0.2, 0) is 4.79 Å². The van der Waals surface area contributed by atoms with Gasteiger partial charge in [0.05, 0.1) is 17.7 Å². The van der Waals surface area contributed by atoms with E-state index in [0.717, 1.165) is 48.4 Å². The van der Waals surface area contributed by atoms with E-state index in [9.17, 15) is 14.9 Å². The van der Waals surface area contributed by atoms with Gasteiger partial charge in [-0.15, -0.1) is 0 Å². The molecule has 164 valence electrons. The number of hydrogen-bond donors (Lipinski definition) is 2. The van der Waals surface area contributed by atoms with Crippen molar-refractivity contribution in [3.8, 4) is 0 Å². The van der Waals surface area contributed by atoms with Gasteiger partial charge < -0.3 is 10.2 Å². The lowest BCUT2D eigenvalue weighted by molar-refractivity contribution is -0.384. The molecule has 1 heterocycles. The van der Waals surface area contributed by atoms with Gasteiger partial charge in [-0.25, -0.2) is 5.43 Å². The van der Waals surface area contributed by atoms with Gasteiger partial charge >= 0.3 is 0 Å². The summed E-state index contributed by atoms with van der Waals surface area (Å²) in [4.78, 5) is 25.2. The molecule has 3 rings (SSSR count). The number of anilines is 2. The largest absolute Gasteiger partial charge is 0.376 e. The van der Waals surface area contributed by atoms with Crippen molar-refractivity contribution in [1.29, 1.82) is 0 Å². The molecule has 1 fully saturated rings. The number of non-ortho nitro benzene ring substituents is 1. The highest BCUT2D eigenvalue weighted by Gasteiger charge is 2.16. The van der Waals surface area contributed by atoms with E-state index < -0.39 is 4.92 Å². The predicted molar refractivity (Wildman–Crippen MR) is 124 cm³/mol. The zero-order valence-electron chi connectivity index (χ0n) is 18.1. The summed E-state index contributed by atoms with van der Waals surface area (Å²) in [6.07, 6.45) is 6.05. The molecule has 0 aromatic heterocycles. The van der Waals surface area contributed by atoms with Crippen molar-refractivity contribution >= 4 is 29.2 Å². The molecule has 0 bridgehead atoms. The zero-order chi connectivity index (χ0) is 22.2. The summed E-state index contributed by atoms with van der Waals surface area (Å²) in [7, 11) is 0. The van der Waals surface area contributed by atoms with Crippen molar-refractivity contribution < 1.29 is 9.72 Å². The molecule has 1 saturated heterocycles. The molecule has 2 aromatic rings. The van der Waals surface area contributed by atoms with Gasteiger partial charge in [0, 0.05) is 42.2 Å². The van der Waals surface area contributed by atoms with E-state index in [0.29, 0.717) is 5.56 Å². The van der Waals surface area contributed by atoms with Gasteiger partial charge in [-0.05, 0) is 49.9 Å². The number of benzene rings is 2. The van der Waals surface area contributed by atoms with Crippen LogP contribution in [0.2, 0.25) is 0 Å². The Labute approximate surface area is 182 Å². The van der Waals surface area contributed by atoms with Crippen molar-refractivity contribution in [2.24, 2.45) is 5.10 Å². The second-order valence-corrected chi connectivity index (χ2v) is 7.87. The number of rotatable bonds is 7. The van der Waals surface area contributed by atoms with Gasteiger partial charge in [-0.2, -0.15) is 5.10 Å². The van der Waals surface area contributed by atoms with E-state index in [4.69, 9.17) is 0 Å². The van der Waals surface area contributed by atoms with Crippen LogP contribution in [0.3, 0.4) is 0 Å². The Morgan fingerprint density at radius 3 is 2.58 bits per heavy atom. The van der Waals surface area contributed by atoms with Crippen LogP contribution in [0.15, 0.2) is 41.5 Å². The highest BCUT2D eigenvalue weighted by Crippen LogP contribution is 2.26. The topological polar surface area (TPSA) is 99.9 Å². The third-order valence-electron chi connectivity index (χ3n) is 5.39. The molecule has 8 nitrogen and oxygen atoms in total. The van der Waals surface area contributed by atoms with Crippen molar-refractivity contribution in [3.63, 3.8) is 0 Å². The second kappa shape index (κ2) is 10.6. The van der Waals surface area contributed by atoms with E-state index >= 15 is 0 Å². The first kappa shape index (κ1) is 22.3. The molecular formula is C23H29N5O3. The van der Waals surface area contributed by atoms with Gasteiger partial charge in [0.2, 0.25) is 0 Å². The van der Waals surface area contributed by atoms with Crippen molar-refractivity contribution in [2.45, 2.75) is 39.5 Å². The number of nitro benzene ring substituents is 1. The molecule has 31 heavy (non-hydrogen) atoms. The highest BCUT2D eigenvalue weighted by atomic mass is 16.6. The number of amides is 1. The maximum atomic E-state index is 12.2. The molecule has 1 amide bonds. The zero-order valence-corrected chi connectivity index (χ0v) is 18.1. The van der Waals surface area contributed by atoms with E-state index in [1.807, 2.05) is 32.0 Å². The highest BCUT2D eigenvalue weighted by molar-refractivity contribution is 5.90. The van der Waals surface area contributed by atoms with Gasteiger partial charge in [-0.1, -0.05) is 25.0 Å². The van der Waals surface area contributed by atoms with E-state index in [2.05, 4.69) is 20.7 Å². The average Bonchev–Trinajstić information content (AvgIpc) is 3.03. The summed E-state index contributed by atoms with van der Waals surface area (Å²) in [6.45, 7) is 5.87. The number of nitrogens with one attached hydrogen (secondary N) is 2. The van der Waals surface area contributed by atoms with E-state index in [1.54, 1.807) is 6.07 Å². The van der Waals surface area contributed by atoms with Crippen molar-refractivity contribution in [1.82, 2.24) is 5.43 Å². The van der Waals surface area contributed by atoms with Crippen LogP contribution in [0.5, 0.6) is 0 Å². The van der Waals surface area contributed by atoms with Crippen molar-refractivity contribution in [3.05, 3.63) is 63.2 Å². The molecule has 8 heteroatoms. The van der Waals surface area contributed by atoms with E-state index in [1.165, 1.54) is 31.2 Å². The number of carbonyl (C=O) groups is 1. The van der Waals surface area contributed by atoms with Crippen LogP contribution in [0.1, 0.15) is 42.4 Å². The summed E-state index contributed by atoms with van der Waals surface area (Å²) < 4.78 is 0. The normalized spacial score (nSPS) is 14.3. The quantitative estimate of drug-likeness (QED) is 0.396. The fourth-order valence-electron chi connectivity index (χ4n) is 3.67. The average molecular weight is 424 g/mol. The molecule has 2 aromatic carbocycles. The Morgan fingerprint density at radius 1 is 1.13 bits per heavy atom. The monoisotopic (exact) mass is 423 g/mol. The van der Waals surface area contributed by atoms with Crippen LogP contribution in [0, 0.1) is 24.0 Å². The van der Waals surface area contributed by atoms with Crippen LogP contribution >= 0.6 is 0 Å². The molecule has 1 aliphatic heterocycles. The fourth-order valence-corrected chi connectivity index (χ4v) is 3.67. The maximum absolute atomic E-state index is 12.2. The van der Waals surface area contributed by atoms with Crippen LogP contribution in [-0.4, -0.2) is 36.7 Å². The number of nitrogens with zero attached hydrogens (tertiary/aromatic N) is 3. The number of aryl methyl sites for hydroxylation is 2. The third kappa shape index (κ3) is 6.28. The lowest BCUT2D eigenvalue weighted by atomic mass is 10.1. The molecule has 0 saturated carbocycles. The van der Waals surface area contributed by atoms with Gasteiger partial charge in [0.1, 0.15) is 0 Å². The minimum atomic E-state index is -0.420. The van der Waals surface area contributed by atoms with Gasteiger partial charge in [0.25, 0.3) is 11.6 Å². The fraction of sp³-hybridized carbons (Fsp3) is 0.391. The smallest absolute Gasteiger partial charge is 0.270 e. The molecular weight excluding hydrogens is 394 g/mol. The summed E-state index contributed by atoms with van der Waals surface area (Å²) >= 11 is 0. The van der Waals surface area contributed by atoms with Crippen LogP contribution in [0.4, 0.5) is 17.1 Å². The lowest BCUT2D eigenvalue weighted by Gasteiger charge is -2.24. The third-order valence-corrected chi connectivity index (χ3v) is 5.39. The first-order valence-corrected chi connectivity index (χ1v) is 10.6. The molecule has 2 N–H and O–H groups in total. The van der Waals surface area contributed by atoms with Gasteiger partial charge in [-0.3, -0.25) is 14.9 Å². The SMILES string of the molecule is Cc1ccc(C)c(NCC(=O)N/N=C/c2cc([N+](=O)[O-])ccc2N2CCCCCC2)c1. The maximum Gasteiger partial charge on any atom is 0.270 e. The molecule has 0 aliphatic carbocycles. The predicted octanol–water partition coefficient (Wildman–Crippen LogP) is 4.15. The van der Waals surface area contributed by atoms with Crippen molar-refractivity contribution in [2.75, 3.05) is 29.9 Å². The molecule has 0 atom stereocenters. The Morgan fingerprint density at radius 2 is 1.87 bits per heavy atom. The number of nitro groups is 1. The Balaban J connectivity index is 1.68. The Hall–Kier alpha value is -3.42. The summed E-state index contributed by atoms with van der Waals surface area (Å²) in [5.41, 5.74) is 7.10. The molecule has 0 spiro atoms. The summed E-state index contributed by atoms with van der Waals surface area (Å²) in [6, 6.07) is 10.8. The number of hydrazone groups is 1. The van der Waals surface area contributed by atoms with Crippen LogP contribution in [0.25, 0.3) is 0 Å². The molecule has 1 aliphatic rings. The van der Waals surface area contributed by atoms with Crippen LogP contribution < -0.4 is 15.6 Å². The van der Waals surface area contributed by atoms with Gasteiger partial charge in [0.15, 0.2) is 0 Å². The minimum absolute atomic E-state index is 0.00272. The Kier molecular flexibility index (Phi) is 7.59. The number of carbonyl (C=O) groups excluding carboxylic acids is 1. The minimum Gasteiger partial charge on any atom is -0.376 e. The number of hydrogen-bond acceptors (Lipinski definition) is 6. The second-order valence-electron chi connectivity index (χ2n) is 7.87. The molecule has 0 radical (unpaired) electrons. The standard InChI is InChI=1S/C23H29N5O3/c1-17-7-8-18(2)21(13-17)24-16-23(29)26-25-15-19-14-20(28(30)31)9-10-22(19)27-11-5-3-4-6-12-27/h7-10,13-15,24H,3-6,11-12,16H2,1-2H3,(H,26,29)/b25-15+.